The highest BCUT2D eigenvalue weighted by molar-refractivity contribution is 7.17. The molecule has 1 heteroatoms. The Bertz CT molecular complexity index is 319. The molecule has 5 atom stereocenters. The van der Waals surface area contributed by atoms with Gasteiger partial charge in [0, 0.05) is 0 Å². The van der Waals surface area contributed by atoms with Gasteiger partial charge in [0.1, 0.15) is 0 Å². The molecule has 0 saturated heterocycles. The Labute approximate surface area is 122 Å². The van der Waals surface area contributed by atoms with E-state index in [4.69, 9.17) is 0 Å². The van der Waals surface area contributed by atoms with Crippen LogP contribution in [0.1, 0.15) is 78.6 Å². The van der Waals surface area contributed by atoms with Crippen molar-refractivity contribution in [1.29, 1.82) is 0 Å². The van der Waals surface area contributed by atoms with Crippen molar-refractivity contribution in [2.45, 2.75) is 84.2 Å². The van der Waals surface area contributed by atoms with Gasteiger partial charge < -0.3 is 0 Å². The van der Waals surface area contributed by atoms with Gasteiger partial charge in [0.15, 0.2) is 0 Å². The minimum atomic E-state index is 0.654. The molecule has 0 aliphatic heterocycles. The fraction of sp³-hybridized carbons (Fsp3) is 1.00. The van der Waals surface area contributed by atoms with E-state index in [1.54, 1.807) is 19.3 Å². The lowest BCUT2D eigenvalue weighted by Crippen LogP contribution is -2.46. The maximum Gasteiger partial charge on any atom is -0.0240 e. The molecular formula is C18H33P. The van der Waals surface area contributed by atoms with E-state index in [1.165, 1.54) is 38.5 Å². The molecule has 0 aromatic carbocycles. The van der Waals surface area contributed by atoms with Crippen LogP contribution in [0.25, 0.3) is 0 Å². The van der Waals surface area contributed by atoms with Crippen LogP contribution in [0.2, 0.25) is 0 Å². The maximum absolute atomic E-state index is 3.13. The predicted octanol–water partition coefficient (Wildman–Crippen LogP) is 5.66. The number of rotatable bonds is 2. The van der Waals surface area contributed by atoms with Gasteiger partial charge in [0.05, 0.1) is 0 Å². The Hall–Kier alpha value is 0.430. The topological polar surface area (TPSA) is 0 Å². The molecule has 0 heterocycles. The lowest BCUT2D eigenvalue weighted by molar-refractivity contribution is -0.0526. The fourth-order valence-corrected chi connectivity index (χ4v) is 7.10. The normalized spacial score (nSPS) is 54.3. The molecule has 3 rings (SSSR count). The molecule has 3 saturated carbocycles. The molecule has 0 spiro atoms. The van der Waals surface area contributed by atoms with Gasteiger partial charge in [-0.15, -0.1) is 9.24 Å². The van der Waals surface area contributed by atoms with Crippen molar-refractivity contribution in [3.8, 4) is 0 Å². The smallest absolute Gasteiger partial charge is 0.0240 e. The van der Waals surface area contributed by atoms with Crippen molar-refractivity contribution in [3.05, 3.63) is 0 Å². The van der Waals surface area contributed by atoms with E-state index in [0.29, 0.717) is 10.8 Å². The van der Waals surface area contributed by atoms with Crippen molar-refractivity contribution in [1.82, 2.24) is 0 Å². The van der Waals surface area contributed by atoms with Crippen molar-refractivity contribution in [2.24, 2.45) is 28.6 Å². The third kappa shape index (κ3) is 2.41. The van der Waals surface area contributed by atoms with Crippen LogP contribution in [0.5, 0.6) is 0 Å². The summed E-state index contributed by atoms with van der Waals surface area (Å²) < 4.78 is 0. The van der Waals surface area contributed by atoms with Crippen molar-refractivity contribution in [3.63, 3.8) is 0 Å². The molecule has 5 unspecified atom stereocenters. The Morgan fingerprint density at radius 1 is 1.05 bits per heavy atom. The predicted molar refractivity (Wildman–Crippen MR) is 87.4 cm³/mol. The van der Waals surface area contributed by atoms with E-state index in [9.17, 15) is 0 Å². The summed E-state index contributed by atoms with van der Waals surface area (Å²) in [4.78, 5) is 0. The van der Waals surface area contributed by atoms with Crippen LogP contribution in [0.3, 0.4) is 0 Å². The summed E-state index contributed by atoms with van der Waals surface area (Å²) in [6.07, 6.45) is 13.6. The van der Waals surface area contributed by atoms with Gasteiger partial charge in [-0.1, -0.05) is 20.8 Å². The average Bonchev–Trinajstić information content (AvgIpc) is 2.70. The maximum atomic E-state index is 3.13. The van der Waals surface area contributed by atoms with Gasteiger partial charge in [-0.3, -0.25) is 0 Å². The Balaban J connectivity index is 1.83. The molecule has 0 radical (unpaired) electrons. The summed E-state index contributed by atoms with van der Waals surface area (Å²) in [5.74, 6) is 3.11. The third-order valence-corrected chi connectivity index (χ3v) is 7.79. The molecular weight excluding hydrogens is 247 g/mol. The Morgan fingerprint density at radius 3 is 2.16 bits per heavy atom. The summed E-state index contributed by atoms with van der Waals surface area (Å²) in [6, 6.07) is 0. The summed E-state index contributed by atoms with van der Waals surface area (Å²) in [6.45, 7) is 7.64. The van der Waals surface area contributed by atoms with E-state index in [0.717, 1.165) is 23.4 Å². The van der Waals surface area contributed by atoms with E-state index in [-0.39, 0.29) is 0 Å². The Kier molecular flexibility index (Phi) is 3.79. The summed E-state index contributed by atoms with van der Waals surface area (Å²) in [7, 11) is 3.13. The highest BCUT2D eigenvalue weighted by Gasteiger charge is 2.54. The first-order chi connectivity index (χ1) is 8.96. The van der Waals surface area contributed by atoms with Crippen LogP contribution in [0, 0.1) is 28.6 Å². The molecule has 3 fully saturated rings. The zero-order valence-electron chi connectivity index (χ0n) is 13.3. The van der Waals surface area contributed by atoms with E-state index in [2.05, 4.69) is 30.0 Å². The zero-order chi connectivity index (χ0) is 13.7. The largest absolute Gasteiger partial charge is 0.134 e. The standard InChI is InChI=1S/C18H33P/c1-4-18(6-5-16(19)12-18)17(3)10-14-7-13(2)8-15(9-14)11-17/h13-16H,4-12,19H2,1-3H3. The van der Waals surface area contributed by atoms with Crippen LogP contribution in [-0.4, -0.2) is 5.66 Å². The SMILES string of the molecule is CCC1(C2(C)CC3CC(C)CC(C3)C2)CCC(P)C1. The lowest BCUT2D eigenvalue weighted by atomic mass is 9.49. The average molecular weight is 280 g/mol. The van der Waals surface area contributed by atoms with Crippen LogP contribution < -0.4 is 0 Å². The second-order valence-electron chi connectivity index (χ2n) is 8.65. The fourth-order valence-electron chi connectivity index (χ4n) is 6.49. The van der Waals surface area contributed by atoms with Gasteiger partial charge >= 0.3 is 0 Å². The zero-order valence-corrected chi connectivity index (χ0v) is 14.4. The molecule has 0 nitrogen and oxygen atoms in total. The Morgan fingerprint density at radius 2 is 1.68 bits per heavy atom. The van der Waals surface area contributed by atoms with Crippen LogP contribution in [0.15, 0.2) is 0 Å². The molecule has 2 bridgehead atoms. The molecule has 0 amide bonds. The first kappa shape index (κ1) is 14.4. The highest BCUT2D eigenvalue weighted by atomic mass is 31.0. The number of hydrogen-bond donors (Lipinski definition) is 0. The van der Waals surface area contributed by atoms with Crippen molar-refractivity contribution in [2.75, 3.05) is 0 Å². The van der Waals surface area contributed by atoms with E-state index >= 15 is 0 Å². The van der Waals surface area contributed by atoms with Gasteiger partial charge in [-0.2, -0.15) is 0 Å². The summed E-state index contributed by atoms with van der Waals surface area (Å²) >= 11 is 0. The molecule has 0 aromatic rings. The van der Waals surface area contributed by atoms with E-state index < -0.39 is 0 Å². The third-order valence-electron chi connectivity index (χ3n) is 7.22. The van der Waals surface area contributed by atoms with E-state index in [1.807, 2.05) is 0 Å². The summed E-state index contributed by atoms with van der Waals surface area (Å²) in [5, 5.41) is 0. The van der Waals surface area contributed by atoms with Gasteiger partial charge in [0.2, 0.25) is 0 Å². The highest BCUT2D eigenvalue weighted by Crippen LogP contribution is 2.64. The first-order valence-corrected chi connectivity index (χ1v) is 9.38. The van der Waals surface area contributed by atoms with Crippen LogP contribution in [0.4, 0.5) is 0 Å². The molecule has 110 valence electrons. The molecule has 3 aliphatic rings. The van der Waals surface area contributed by atoms with Crippen LogP contribution in [-0.2, 0) is 0 Å². The van der Waals surface area contributed by atoms with Crippen LogP contribution >= 0.6 is 9.24 Å². The van der Waals surface area contributed by atoms with Gasteiger partial charge in [0.25, 0.3) is 0 Å². The van der Waals surface area contributed by atoms with Crippen molar-refractivity contribution < 1.29 is 0 Å². The second kappa shape index (κ2) is 5.01. The molecule has 3 aliphatic carbocycles. The monoisotopic (exact) mass is 280 g/mol. The number of fused-ring (bicyclic) bond motifs is 2. The van der Waals surface area contributed by atoms with Gasteiger partial charge in [-0.05, 0) is 92.0 Å². The number of hydrogen-bond acceptors (Lipinski definition) is 0. The van der Waals surface area contributed by atoms with Gasteiger partial charge in [-0.25, -0.2) is 0 Å². The molecule has 19 heavy (non-hydrogen) atoms. The minimum absolute atomic E-state index is 0.654. The second-order valence-corrected chi connectivity index (χ2v) is 9.59. The summed E-state index contributed by atoms with van der Waals surface area (Å²) in [5.41, 5.74) is 2.23. The lowest BCUT2D eigenvalue weighted by Gasteiger charge is -2.56. The molecule has 0 N–H and O–H groups in total. The minimum Gasteiger partial charge on any atom is -0.134 e. The van der Waals surface area contributed by atoms with Crippen molar-refractivity contribution >= 4 is 9.24 Å². The quantitative estimate of drug-likeness (QED) is 0.572. The first-order valence-electron chi connectivity index (χ1n) is 8.72. The molecule has 0 aromatic heterocycles.